The molecule has 2 aromatic carbocycles. The van der Waals surface area contributed by atoms with E-state index in [0.29, 0.717) is 5.56 Å². The minimum atomic E-state index is -1.73. The average molecular weight is 611 g/mol. The van der Waals surface area contributed by atoms with Crippen LogP contribution in [0.3, 0.4) is 0 Å². The zero-order valence-corrected chi connectivity index (χ0v) is 23.1. The molecule has 0 amide bonds. The third-order valence-corrected chi connectivity index (χ3v) is 7.70. The number of phenols is 2. The van der Waals surface area contributed by atoms with Crippen LogP contribution in [0.1, 0.15) is 35.4 Å². The third kappa shape index (κ3) is 6.08. The average Bonchev–Trinajstić information content (AvgIpc) is 2.97. The molecule has 2 saturated heterocycles. The molecule has 0 spiro atoms. The molecule has 236 valence electrons. The predicted molar refractivity (Wildman–Crippen MR) is 141 cm³/mol. The lowest BCUT2D eigenvalue weighted by atomic mass is 9.95. The number of hydrogen-bond donors (Lipinski definition) is 8. The number of aromatic hydroxyl groups is 2. The largest absolute Gasteiger partial charge is 0.504 e. The second-order valence-corrected chi connectivity index (χ2v) is 10.6. The molecule has 8 N–H and O–H groups in total. The van der Waals surface area contributed by atoms with Crippen LogP contribution in [-0.4, -0.2) is 122 Å². The zero-order chi connectivity index (χ0) is 31.2. The molecule has 2 aromatic rings. The summed E-state index contributed by atoms with van der Waals surface area (Å²) in [6.07, 6.45) is -15.6. The first kappa shape index (κ1) is 31.2. The minimum absolute atomic E-state index is 0.0666. The van der Waals surface area contributed by atoms with Gasteiger partial charge in [0, 0.05) is 11.6 Å². The maximum absolute atomic E-state index is 12.9. The molecule has 11 atom stereocenters. The number of carbonyl (C=O) groups is 1. The SMILES string of the molecule is COc1c(O)cc([C@@H]2CC(=O)c3ccc(O[C@@H]4O[C@H](CO[C@@H]5O[C@H](C)[C@@H](O)[C@H](O)[C@@H]5O)[C@@H](O)[C@H](O)[C@H]4O)cc3O2)cc1O. The number of carbonyl (C=O) groups excluding carboxylic acids is 1. The number of fused-ring (bicyclic) bond motifs is 1. The summed E-state index contributed by atoms with van der Waals surface area (Å²) in [5.41, 5.74) is 0.556. The maximum Gasteiger partial charge on any atom is 0.229 e. The van der Waals surface area contributed by atoms with Gasteiger partial charge in [-0.2, -0.15) is 0 Å². The van der Waals surface area contributed by atoms with E-state index in [1.54, 1.807) is 0 Å². The van der Waals surface area contributed by atoms with Gasteiger partial charge in [0.25, 0.3) is 0 Å². The highest BCUT2D eigenvalue weighted by Gasteiger charge is 2.47. The zero-order valence-electron chi connectivity index (χ0n) is 23.1. The number of Topliss-reactive ketones (excluding diaryl/α,β-unsaturated/α-hetero) is 1. The fourth-order valence-corrected chi connectivity index (χ4v) is 5.20. The minimum Gasteiger partial charge on any atom is -0.504 e. The highest BCUT2D eigenvalue weighted by atomic mass is 16.7. The third-order valence-electron chi connectivity index (χ3n) is 7.70. The molecule has 3 heterocycles. The Morgan fingerprint density at radius 2 is 1.49 bits per heavy atom. The summed E-state index contributed by atoms with van der Waals surface area (Å²) in [5, 5.41) is 81.8. The number of ether oxygens (including phenoxy) is 6. The van der Waals surface area contributed by atoms with Gasteiger partial charge in [0.2, 0.25) is 12.0 Å². The maximum atomic E-state index is 12.9. The van der Waals surface area contributed by atoms with Crippen molar-refractivity contribution < 1.29 is 74.1 Å². The number of aliphatic hydroxyl groups is 6. The first-order chi connectivity index (χ1) is 20.4. The van der Waals surface area contributed by atoms with Crippen LogP contribution in [-0.2, 0) is 14.2 Å². The van der Waals surface area contributed by atoms with E-state index in [2.05, 4.69) is 0 Å². The van der Waals surface area contributed by atoms with Crippen molar-refractivity contribution in [2.45, 2.75) is 80.9 Å². The summed E-state index contributed by atoms with van der Waals surface area (Å²) >= 11 is 0. The second-order valence-electron chi connectivity index (χ2n) is 10.6. The summed E-state index contributed by atoms with van der Waals surface area (Å²) in [4.78, 5) is 12.9. The van der Waals surface area contributed by atoms with E-state index in [4.69, 9.17) is 28.4 Å². The van der Waals surface area contributed by atoms with Gasteiger partial charge in [0.1, 0.15) is 60.3 Å². The van der Waals surface area contributed by atoms with Crippen molar-refractivity contribution in [1.29, 1.82) is 0 Å². The van der Waals surface area contributed by atoms with Crippen LogP contribution in [0.5, 0.6) is 28.7 Å². The predicted octanol–water partition coefficient (Wildman–Crippen LogP) is -1.16. The van der Waals surface area contributed by atoms with Gasteiger partial charge in [0.15, 0.2) is 23.6 Å². The van der Waals surface area contributed by atoms with Gasteiger partial charge < -0.3 is 69.3 Å². The Labute approximate surface area is 245 Å². The molecule has 5 rings (SSSR count). The standard InChI is InChI=1S/C28H34O15/c1-10-20(32)22(34)24(36)27(40-10)39-9-19-21(33)23(35)25(37)28(43-19)41-12-3-4-13-14(29)8-17(42-18(13)7-12)11-5-15(30)26(38-2)16(31)6-11/h3-7,10,17,19-25,27-28,30-37H,8-9H2,1-2H3/t10-,17+,19-,20-,21-,22+,23+,24+,25-,27-,28-/m1/s1. The molecule has 0 bridgehead atoms. The van der Waals surface area contributed by atoms with E-state index in [0.717, 1.165) is 0 Å². The summed E-state index contributed by atoms with van der Waals surface area (Å²) in [7, 11) is 1.28. The van der Waals surface area contributed by atoms with Crippen molar-refractivity contribution in [1.82, 2.24) is 0 Å². The van der Waals surface area contributed by atoms with Gasteiger partial charge in [0.05, 0.1) is 31.8 Å². The fourth-order valence-electron chi connectivity index (χ4n) is 5.20. The number of benzene rings is 2. The van der Waals surface area contributed by atoms with Crippen molar-refractivity contribution in [3.05, 3.63) is 41.5 Å². The normalized spacial score (nSPS) is 36.0. The lowest BCUT2D eigenvalue weighted by Gasteiger charge is -2.42. The second kappa shape index (κ2) is 12.4. The van der Waals surface area contributed by atoms with E-state index in [9.17, 15) is 45.6 Å². The van der Waals surface area contributed by atoms with E-state index >= 15 is 0 Å². The van der Waals surface area contributed by atoms with E-state index in [1.807, 2.05) is 0 Å². The smallest absolute Gasteiger partial charge is 0.229 e. The molecular formula is C28H34O15. The molecule has 0 unspecified atom stereocenters. The fraction of sp³-hybridized carbons (Fsp3) is 0.536. The number of methoxy groups -OCH3 is 1. The first-order valence-corrected chi connectivity index (χ1v) is 13.5. The van der Waals surface area contributed by atoms with Crippen molar-refractivity contribution in [2.75, 3.05) is 13.7 Å². The van der Waals surface area contributed by atoms with Crippen LogP contribution in [0.4, 0.5) is 0 Å². The van der Waals surface area contributed by atoms with Gasteiger partial charge >= 0.3 is 0 Å². The highest BCUT2D eigenvalue weighted by Crippen LogP contribution is 2.43. The van der Waals surface area contributed by atoms with Crippen LogP contribution in [0.25, 0.3) is 0 Å². The van der Waals surface area contributed by atoms with E-state index in [-0.39, 0.29) is 46.5 Å². The quantitative estimate of drug-likeness (QED) is 0.185. The van der Waals surface area contributed by atoms with Gasteiger partial charge in [-0.05, 0) is 31.2 Å². The van der Waals surface area contributed by atoms with Crippen LogP contribution in [0, 0.1) is 0 Å². The Balaban J connectivity index is 1.28. The summed E-state index contributed by atoms with van der Waals surface area (Å²) in [6, 6.07) is 6.84. The number of hydrogen-bond acceptors (Lipinski definition) is 15. The Hall–Kier alpha value is -3.25. The molecule has 3 aliphatic heterocycles. The Bertz CT molecular complexity index is 1300. The van der Waals surface area contributed by atoms with Crippen LogP contribution in [0.2, 0.25) is 0 Å². The molecule has 3 aliphatic rings. The molecule has 0 saturated carbocycles. The van der Waals surface area contributed by atoms with Crippen molar-refractivity contribution in [3.63, 3.8) is 0 Å². The Morgan fingerprint density at radius 3 is 2.16 bits per heavy atom. The number of aliphatic hydroxyl groups excluding tert-OH is 6. The number of phenolic OH excluding ortho intramolecular Hbond substituents is 2. The summed E-state index contributed by atoms with van der Waals surface area (Å²) in [5.74, 6) is -0.915. The van der Waals surface area contributed by atoms with E-state index in [1.165, 1.54) is 44.4 Å². The van der Waals surface area contributed by atoms with Crippen LogP contribution in [0.15, 0.2) is 30.3 Å². The van der Waals surface area contributed by atoms with Gasteiger partial charge in [-0.3, -0.25) is 4.79 Å². The number of ketones is 1. The summed E-state index contributed by atoms with van der Waals surface area (Å²) in [6.45, 7) is 1.00. The molecule has 43 heavy (non-hydrogen) atoms. The van der Waals surface area contributed by atoms with Crippen molar-refractivity contribution in [2.24, 2.45) is 0 Å². The van der Waals surface area contributed by atoms with Crippen LogP contribution >= 0.6 is 0 Å². The Kier molecular flexibility index (Phi) is 8.99. The molecule has 15 heteroatoms. The van der Waals surface area contributed by atoms with Crippen LogP contribution < -0.4 is 14.2 Å². The Morgan fingerprint density at radius 1 is 0.837 bits per heavy atom. The lowest BCUT2D eigenvalue weighted by molar-refractivity contribution is -0.318. The molecule has 0 aromatic heterocycles. The molecular weight excluding hydrogens is 576 g/mol. The lowest BCUT2D eigenvalue weighted by Crippen LogP contribution is -2.61. The summed E-state index contributed by atoms with van der Waals surface area (Å²) < 4.78 is 33.2. The van der Waals surface area contributed by atoms with Crippen molar-refractivity contribution >= 4 is 5.78 Å². The molecule has 0 radical (unpaired) electrons. The monoisotopic (exact) mass is 610 g/mol. The molecule has 15 nitrogen and oxygen atoms in total. The highest BCUT2D eigenvalue weighted by molar-refractivity contribution is 6.00. The molecule has 2 fully saturated rings. The van der Waals surface area contributed by atoms with Crippen molar-refractivity contribution in [3.8, 4) is 28.7 Å². The molecule has 0 aliphatic carbocycles. The topological polar surface area (TPSA) is 234 Å². The van der Waals surface area contributed by atoms with E-state index < -0.39 is 74.1 Å². The van der Waals surface area contributed by atoms with Gasteiger partial charge in [-0.15, -0.1) is 0 Å². The first-order valence-electron chi connectivity index (χ1n) is 13.5. The number of rotatable bonds is 7. The van der Waals surface area contributed by atoms with Gasteiger partial charge in [-0.1, -0.05) is 0 Å². The van der Waals surface area contributed by atoms with Gasteiger partial charge in [-0.25, -0.2) is 0 Å².